The number of carbonyl (C=O) groups excluding carboxylic acids is 4. The first kappa shape index (κ1) is 16.3. The number of amides is 2. The van der Waals surface area contributed by atoms with Crippen LogP contribution in [0.4, 0.5) is 0 Å². The summed E-state index contributed by atoms with van der Waals surface area (Å²) in [7, 11) is 0. The highest BCUT2D eigenvalue weighted by Crippen LogP contribution is 2.39. The number of rotatable bonds is 6. The number of nitrogens with one attached hydrogen (secondary N) is 1. The molecule has 0 spiro atoms. The Kier molecular flexibility index (Phi) is 4.74. The summed E-state index contributed by atoms with van der Waals surface area (Å²) in [6, 6.07) is -0.789. The summed E-state index contributed by atoms with van der Waals surface area (Å²) in [5.41, 5.74) is 0.421. The molecule has 9 heteroatoms. The Morgan fingerprint density at radius 3 is 2.59 bits per heavy atom. The smallest absolute Gasteiger partial charge is 0.253 e. The van der Waals surface area contributed by atoms with Crippen molar-refractivity contribution in [3.8, 4) is 0 Å². The Hall–Kier alpha value is -2.03. The second kappa shape index (κ2) is 6.39. The number of hydrogen-bond donors (Lipinski definition) is 1. The van der Waals surface area contributed by atoms with Crippen LogP contribution in [0.1, 0.15) is 26.2 Å². The normalized spacial score (nSPS) is 23.7. The lowest BCUT2D eigenvalue weighted by molar-refractivity contribution is -0.306. The number of β-lactam (4-membered cyclic amide) rings is 1. The fraction of sp³-hybridized carbons (Fsp3) is 0.538. The summed E-state index contributed by atoms with van der Waals surface area (Å²) >= 11 is 1.36. The molecule has 0 saturated carbocycles. The highest BCUT2D eigenvalue weighted by atomic mass is 32.2. The van der Waals surface area contributed by atoms with E-state index in [0.717, 1.165) is 4.90 Å². The summed E-state index contributed by atoms with van der Waals surface area (Å²) < 4.78 is 0. The van der Waals surface area contributed by atoms with Crippen LogP contribution in [0.3, 0.4) is 0 Å². The van der Waals surface area contributed by atoms with Crippen LogP contribution in [0, 0.1) is 0 Å². The van der Waals surface area contributed by atoms with Crippen molar-refractivity contribution in [3.05, 3.63) is 11.3 Å². The molecule has 2 aliphatic heterocycles. The molecular formula is C13H14N2O6S-2. The fourth-order valence-corrected chi connectivity index (χ4v) is 3.69. The van der Waals surface area contributed by atoms with Crippen molar-refractivity contribution in [2.24, 2.45) is 0 Å². The third kappa shape index (κ3) is 3.08. The lowest BCUT2D eigenvalue weighted by atomic mass is 10.0. The van der Waals surface area contributed by atoms with Gasteiger partial charge in [-0.2, -0.15) is 0 Å². The van der Waals surface area contributed by atoms with Gasteiger partial charge in [-0.1, -0.05) is 0 Å². The van der Waals surface area contributed by atoms with Crippen molar-refractivity contribution in [1.82, 2.24) is 10.2 Å². The molecular weight excluding hydrogens is 312 g/mol. The summed E-state index contributed by atoms with van der Waals surface area (Å²) in [5, 5.41) is 23.4. The van der Waals surface area contributed by atoms with Gasteiger partial charge in [0.15, 0.2) is 0 Å². The SMILES string of the molecule is CC1=C(C(=O)[O-])N2C(=O)[C@@H](NC(=O)CCCC(=O)[O-])[C@@H]2SC1. The zero-order chi connectivity index (χ0) is 16.4. The van der Waals surface area contributed by atoms with Gasteiger partial charge in [-0.3, -0.25) is 14.5 Å². The third-order valence-electron chi connectivity index (χ3n) is 3.45. The van der Waals surface area contributed by atoms with Gasteiger partial charge in [0.25, 0.3) is 5.91 Å². The summed E-state index contributed by atoms with van der Waals surface area (Å²) in [6.07, 6.45) is -0.135. The van der Waals surface area contributed by atoms with Crippen LogP contribution in [0.15, 0.2) is 11.3 Å². The first-order valence-corrected chi connectivity index (χ1v) is 7.72. The van der Waals surface area contributed by atoms with Gasteiger partial charge < -0.3 is 25.1 Å². The van der Waals surface area contributed by atoms with Crippen LogP contribution in [0.5, 0.6) is 0 Å². The number of fused-ring (bicyclic) bond motifs is 1. The molecule has 2 rings (SSSR count). The molecule has 1 N–H and O–H groups in total. The minimum atomic E-state index is -1.41. The van der Waals surface area contributed by atoms with E-state index in [-0.39, 0.29) is 25.0 Å². The van der Waals surface area contributed by atoms with Crippen molar-refractivity contribution in [2.75, 3.05) is 5.75 Å². The number of nitrogens with zero attached hydrogens (tertiary/aromatic N) is 1. The zero-order valence-electron chi connectivity index (χ0n) is 11.8. The zero-order valence-corrected chi connectivity index (χ0v) is 12.6. The number of thioether (sulfide) groups is 1. The Bertz CT molecular complexity index is 573. The van der Waals surface area contributed by atoms with Gasteiger partial charge in [-0.25, -0.2) is 0 Å². The van der Waals surface area contributed by atoms with Crippen LogP contribution in [0.2, 0.25) is 0 Å². The number of carboxylic acid groups (broad SMARTS) is 2. The number of hydrogen-bond acceptors (Lipinski definition) is 7. The Balaban J connectivity index is 1.94. The van der Waals surface area contributed by atoms with E-state index in [1.807, 2.05) is 0 Å². The quantitative estimate of drug-likeness (QED) is 0.527. The molecule has 1 saturated heterocycles. The van der Waals surface area contributed by atoms with E-state index in [2.05, 4.69) is 5.32 Å². The topological polar surface area (TPSA) is 130 Å². The van der Waals surface area contributed by atoms with Crippen LogP contribution in [-0.4, -0.2) is 45.8 Å². The maximum atomic E-state index is 12.0. The van der Waals surface area contributed by atoms with Gasteiger partial charge >= 0.3 is 0 Å². The molecule has 2 atom stereocenters. The molecule has 2 amide bonds. The van der Waals surface area contributed by atoms with E-state index in [1.54, 1.807) is 6.92 Å². The maximum Gasteiger partial charge on any atom is 0.253 e. The van der Waals surface area contributed by atoms with E-state index in [1.165, 1.54) is 11.8 Å². The van der Waals surface area contributed by atoms with Crippen molar-refractivity contribution >= 4 is 35.5 Å². The molecule has 0 radical (unpaired) electrons. The van der Waals surface area contributed by atoms with E-state index >= 15 is 0 Å². The van der Waals surface area contributed by atoms with Crippen LogP contribution in [0.25, 0.3) is 0 Å². The van der Waals surface area contributed by atoms with Gasteiger partial charge in [0.05, 0.1) is 11.7 Å². The molecule has 0 bridgehead atoms. The van der Waals surface area contributed by atoms with Crippen LogP contribution in [-0.2, 0) is 19.2 Å². The van der Waals surface area contributed by atoms with Crippen molar-refractivity contribution in [1.29, 1.82) is 0 Å². The van der Waals surface area contributed by atoms with Gasteiger partial charge in [0, 0.05) is 18.1 Å². The minimum Gasteiger partial charge on any atom is -0.550 e. The molecule has 0 aromatic heterocycles. The maximum absolute atomic E-state index is 12.0. The van der Waals surface area contributed by atoms with Gasteiger partial charge in [-0.05, 0) is 25.3 Å². The van der Waals surface area contributed by atoms with E-state index in [0.29, 0.717) is 11.3 Å². The van der Waals surface area contributed by atoms with Gasteiger partial charge in [0.2, 0.25) is 5.91 Å². The first-order chi connectivity index (χ1) is 10.3. The number of carbonyl (C=O) groups is 4. The largest absolute Gasteiger partial charge is 0.550 e. The summed E-state index contributed by atoms with van der Waals surface area (Å²) in [5.74, 6) is -3.14. The third-order valence-corrected chi connectivity index (χ3v) is 4.88. The first-order valence-electron chi connectivity index (χ1n) is 6.68. The summed E-state index contributed by atoms with van der Waals surface area (Å²) in [4.78, 5) is 46.2. The van der Waals surface area contributed by atoms with Crippen molar-refractivity contribution in [2.45, 2.75) is 37.6 Å². The Morgan fingerprint density at radius 1 is 1.32 bits per heavy atom. The minimum absolute atomic E-state index is 0.0304. The molecule has 0 aromatic carbocycles. The molecule has 0 aliphatic carbocycles. The molecule has 2 heterocycles. The number of carboxylic acids is 2. The second-order valence-corrected chi connectivity index (χ2v) is 6.20. The molecule has 2 aliphatic rings. The van der Waals surface area contributed by atoms with E-state index < -0.39 is 35.2 Å². The molecule has 0 unspecified atom stereocenters. The monoisotopic (exact) mass is 326 g/mol. The van der Waals surface area contributed by atoms with Gasteiger partial charge in [-0.15, -0.1) is 11.8 Å². The predicted molar refractivity (Wildman–Crippen MR) is 71.6 cm³/mol. The molecule has 8 nitrogen and oxygen atoms in total. The molecule has 0 aromatic rings. The number of aliphatic carboxylic acids is 2. The Labute approximate surface area is 130 Å². The van der Waals surface area contributed by atoms with Crippen molar-refractivity contribution in [3.63, 3.8) is 0 Å². The van der Waals surface area contributed by atoms with Crippen LogP contribution >= 0.6 is 11.8 Å². The second-order valence-electron chi connectivity index (χ2n) is 5.10. The lowest BCUT2D eigenvalue weighted by Gasteiger charge is -2.50. The van der Waals surface area contributed by atoms with Gasteiger partial charge in [0.1, 0.15) is 11.4 Å². The van der Waals surface area contributed by atoms with Crippen LogP contribution < -0.4 is 15.5 Å². The standard InChI is InChI=1S/C13H16N2O6S/c1-6-5-22-12-9(11(19)15(12)10(6)13(20)21)14-7(16)3-2-4-8(17)18/h9,12H,2-5H2,1H3,(H,14,16)(H,17,18)(H,20,21)/p-2/t9-,12+/m1/s1. The highest BCUT2D eigenvalue weighted by Gasteiger charge is 2.52. The Morgan fingerprint density at radius 2 is 2.00 bits per heavy atom. The lowest BCUT2D eigenvalue weighted by Crippen LogP contribution is -2.71. The predicted octanol–water partition coefficient (Wildman–Crippen LogP) is -2.67. The average molecular weight is 326 g/mol. The van der Waals surface area contributed by atoms with E-state index in [4.69, 9.17) is 0 Å². The fourth-order valence-electron chi connectivity index (χ4n) is 2.40. The molecule has 1 fully saturated rings. The average Bonchev–Trinajstić information content (AvgIpc) is 2.43. The summed E-state index contributed by atoms with van der Waals surface area (Å²) in [6.45, 7) is 1.62. The molecule has 22 heavy (non-hydrogen) atoms. The van der Waals surface area contributed by atoms with E-state index in [9.17, 15) is 29.4 Å². The highest BCUT2D eigenvalue weighted by molar-refractivity contribution is 8.00. The van der Waals surface area contributed by atoms with Crippen molar-refractivity contribution < 1.29 is 29.4 Å². The molecule has 120 valence electrons.